The van der Waals surface area contributed by atoms with Gasteiger partial charge in [-0.15, -0.1) is 38.0 Å². The standard InChI is InChI=1S/C17H22F4N2O.2ClH/c18-14-11-13(5-6-15(14)24-17(19,20)21)16(12-3-1-2-4-12)23-9-7-22-8-10-23;;/h5-6,11-12,16,22H,1-4,7-10H2;2*1H/t16-;;/m0../s1. The first-order chi connectivity index (χ1) is 11.4. The topological polar surface area (TPSA) is 24.5 Å². The van der Waals surface area contributed by atoms with Crippen LogP contribution in [0.5, 0.6) is 5.75 Å². The molecule has 26 heavy (non-hydrogen) atoms. The molecule has 1 atom stereocenters. The van der Waals surface area contributed by atoms with Crippen LogP contribution in [0.4, 0.5) is 17.6 Å². The number of halogens is 6. The molecule has 1 aliphatic heterocycles. The Kier molecular flexibility index (Phi) is 8.93. The van der Waals surface area contributed by atoms with Gasteiger partial charge in [0.2, 0.25) is 0 Å². The highest BCUT2D eigenvalue weighted by atomic mass is 35.5. The number of ether oxygens (including phenoxy) is 1. The quantitative estimate of drug-likeness (QED) is 0.716. The first-order valence-corrected chi connectivity index (χ1v) is 8.44. The summed E-state index contributed by atoms with van der Waals surface area (Å²) < 4.78 is 54.8. The number of benzene rings is 1. The van der Waals surface area contributed by atoms with E-state index < -0.39 is 17.9 Å². The molecule has 1 aliphatic carbocycles. The normalized spacial score (nSPS) is 20.2. The third-order valence-electron chi connectivity index (χ3n) is 4.91. The van der Waals surface area contributed by atoms with E-state index in [2.05, 4.69) is 15.0 Å². The molecule has 0 amide bonds. The predicted octanol–water partition coefficient (Wildman–Crippen LogP) is 4.70. The van der Waals surface area contributed by atoms with Gasteiger partial charge in [0, 0.05) is 32.2 Å². The highest BCUT2D eigenvalue weighted by Crippen LogP contribution is 2.40. The maximum Gasteiger partial charge on any atom is 0.573 e. The van der Waals surface area contributed by atoms with Gasteiger partial charge in [-0.25, -0.2) is 4.39 Å². The summed E-state index contributed by atoms with van der Waals surface area (Å²) in [5, 5.41) is 3.30. The van der Waals surface area contributed by atoms with E-state index in [1.165, 1.54) is 6.07 Å². The van der Waals surface area contributed by atoms with Crippen molar-refractivity contribution in [3.63, 3.8) is 0 Å². The van der Waals surface area contributed by atoms with Crippen molar-refractivity contribution >= 4 is 24.8 Å². The van der Waals surface area contributed by atoms with Crippen molar-refractivity contribution in [3.8, 4) is 5.75 Å². The molecule has 3 nitrogen and oxygen atoms in total. The van der Waals surface area contributed by atoms with E-state index in [0.717, 1.165) is 63.5 Å². The Morgan fingerprint density at radius 2 is 1.69 bits per heavy atom. The second kappa shape index (κ2) is 9.97. The van der Waals surface area contributed by atoms with E-state index in [1.807, 2.05) is 0 Å². The fraction of sp³-hybridized carbons (Fsp3) is 0.647. The lowest BCUT2D eigenvalue weighted by Gasteiger charge is -2.38. The van der Waals surface area contributed by atoms with Gasteiger partial charge in [-0.2, -0.15) is 0 Å². The minimum Gasteiger partial charge on any atom is -0.403 e. The van der Waals surface area contributed by atoms with E-state index >= 15 is 0 Å². The lowest BCUT2D eigenvalue weighted by molar-refractivity contribution is -0.275. The van der Waals surface area contributed by atoms with Crippen molar-refractivity contribution in [1.82, 2.24) is 10.2 Å². The molecule has 0 unspecified atom stereocenters. The zero-order chi connectivity index (χ0) is 17.2. The minimum atomic E-state index is -4.88. The number of hydrogen-bond donors (Lipinski definition) is 1. The maximum absolute atomic E-state index is 14.1. The van der Waals surface area contributed by atoms with Crippen molar-refractivity contribution in [2.45, 2.75) is 38.1 Å². The number of hydrogen-bond acceptors (Lipinski definition) is 3. The highest BCUT2D eigenvalue weighted by molar-refractivity contribution is 5.85. The molecule has 1 N–H and O–H groups in total. The molecule has 1 aromatic carbocycles. The molecule has 3 rings (SSSR count). The van der Waals surface area contributed by atoms with Crippen LogP contribution in [0.3, 0.4) is 0 Å². The van der Waals surface area contributed by atoms with Crippen molar-refractivity contribution in [2.75, 3.05) is 26.2 Å². The lowest BCUT2D eigenvalue weighted by Crippen LogP contribution is -2.46. The van der Waals surface area contributed by atoms with Crippen molar-refractivity contribution in [1.29, 1.82) is 0 Å². The zero-order valence-corrected chi connectivity index (χ0v) is 15.9. The summed E-state index contributed by atoms with van der Waals surface area (Å²) in [6.07, 6.45) is -0.407. The molecule has 0 aromatic heterocycles. The van der Waals surface area contributed by atoms with Crippen LogP contribution in [-0.4, -0.2) is 37.4 Å². The zero-order valence-electron chi connectivity index (χ0n) is 14.2. The monoisotopic (exact) mass is 418 g/mol. The molecule has 1 aromatic rings. The fourth-order valence-electron chi connectivity index (χ4n) is 3.92. The lowest BCUT2D eigenvalue weighted by atomic mass is 9.89. The molecule has 2 fully saturated rings. The molecular weight excluding hydrogens is 395 g/mol. The van der Waals surface area contributed by atoms with Gasteiger partial charge in [-0.3, -0.25) is 4.90 Å². The van der Waals surface area contributed by atoms with Crippen LogP contribution in [0.25, 0.3) is 0 Å². The Morgan fingerprint density at radius 1 is 1.08 bits per heavy atom. The number of nitrogens with zero attached hydrogens (tertiary/aromatic N) is 1. The third kappa shape index (κ3) is 5.87. The smallest absolute Gasteiger partial charge is 0.403 e. The van der Waals surface area contributed by atoms with E-state index in [9.17, 15) is 17.6 Å². The summed E-state index contributed by atoms with van der Waals surface area (Å²) in [7, 11) is 0. The second-order valence-electron chi connectivity index (χ2n) is 6.51. The van der Waals surface area contributed by atoms with Crippen LogP contribution in [0, 0.1) is 11.7 Å². The maximum atomic E-state index is 14.1. The van der Waals surface area contributed by atoms with Gasteiger partial charge >= 0.3 is 6.36 Å². The molecule has 0 bridgehead atoms. The van der Waals surface area contributed by atoms with Crippen LogP contribution in [-0.2, 0) is 0 Å². The van der Waals surface area contributed by atoms with Crippen molar-refractivity contribution in [3.05, 3.63) is 29.6 Å². The highest BCUT2D eigenvalue weighted by Gasteiger charge is 2.34. The largest absolute Gasteiger partial charge is 0.573 e. The third-order valence-corrected chi connectivity index (χ3v) is 4.91. The first-order valence-electron chi connectivity index (χ1n) is 8.44. The van der Waals surface area contributed by atoms with Crippen LogP contribution in [0.1, 0.15) is 37.3 Å². The Hall–Kier alpha value is -0.760. The Balaban J connectivity index is 0.00000169. The van der Waals surface area contributed by atoms with E-state index in [-0.39, 0.29) is 30.9 Å². The molecule has 1 heterocycles. The summed E-state index contributed by atoms with van der Waals surface area (Å²) in [6, 6.07) is 3.95. The molecule has 2 aliphatic rings. The van der Waals surface area contributed by atoms with Crippen LogP contribution >= 0.6 is 24.8 Å². The molecule has 9 heteroatoms. The average Bonchev–Trinajstić information content (AvgIpc) is 3.04. The molecule has 1 saturated carbocycles. The van der Waals surface area contributed by atoms with E-state index in [0.29, 0.717) is 5.92 Å². The number of rotatable bonds is 4. The van der Waals surface area contributed by atoms with Gasteiger partial charge in [0.15, 0.2) is 11.6 Å². The summed E-state index contributed by atoms with van der Waals surface area (Å²) in [5.41, 5.74) is 0.746. The SMILES string of the molecule is Cl.Cl.Fc1cc([C@H](C2CCCC2)N2CCNCC2)ccc1OC(F)(F)F. The summed E-state index contributed by atoms with van der Waals surface area (Å²) in [6.45, 7) is 3.48. The van der Waals surface area contributed by atoms with Gasteiger partial charge < -0.3 is 10.1 Å². The Morgan fingerprint density at radius 3 is 2.23 bits per heavy atom. The summed E-state index contributed by atoms with van der Waals surface area (Å²) in [4.78, 5) is 2.32. The summed E-state index contributed by atoms with van der Waals surface area (Å²) >= 11 is 0. The predicted molar refractivity (Wildman–Crippen MR) is 96.7 cm³/mol. The Labute approximate surface area is 163 Å². The van der Waals surface area contributed by atoms with E-state index in [4.69, 9.17) is 0 Å². The van der Waals surface area contributed by atoms with Crippen molar-refractivity contribution in [2.24, 2.45) is 5.92 Å². The number of nitrogens with one attached hydrogen (secondary N) is 1. The van der Waals surface area contributed by atoms with E-state index in [1.54, 1.807) is 6.07 Å². The molecule has 150 valence electrons. The molecule has 0 spiro atoms. The van der Waals surface area contributed by atoms with Crippen LogP contribution in [0.15, 0.2) is 18.2 Å². The summed E-state index contributed by atoms with van der Waals surface area (Å²) in [5.74, 6) is -1.29. The first kappa shape index (κ1) is 23.3. The Bertz CT molecular complexity index is 562. The van der Waals surface area contributed by atoms with Crippen LogP contribution in [0.2, 0.25) is 0 Å². The average molecular weight is 419 g/mol. The molecule has 1 saturated heterocycles. The van der Waals surface area contributed by atoms with Gasteiger partial charge in [-0.1, -0.05) is 18.9 Å². The van der Waals surface area contributed by atoms with Gasteiger partial charge in [0.25, 0.3) is 0 Å². The number of piperazine rings is 1. The number of alkyl halides is 3. The second-order valence-corrected chi connectivity index (χ2v) is 6.51. The minimum absolute atomic E-state index is 0. The van der Waals surface area contributed by atoms with Gasteiger partial charge in [0.1, 0.15) is 0 Å². The van der Waals surface area contributed by atoms with Crippen LogP contribution < -0.4 is 10.1 Å². The van der Waals surface area contributed by atoms with Gasteiger partial charge in [0.05, 0.1) is 0 Å². The molecular formula is C17H24Cl2F4N2O. The fourth-order valence-corrected chi connectivity index (χ4v) is 3.92. The van der Waals surface area contributed by atoms with Crippen molar-refractivity contribution < 1.29 is 22.3 Å². The molecule has 0 radical (unpaired) electrons. The van der Waals surface area contributed by atoms with Gasteiger partial charge in [-0.05, 0) is 36.5 Å².